The molecule has 0 aromatic carbocycles. The monoisotopic (exact) mass is 299 g/mol. The molecule has 0 aliphatic heterocycles. The molecule has 21 heavy (non-hydrogen) atoms. The van der Waals surface area contributed by atoms with Crippen LogP contribution in [0.15, 0.2) is 17.3 Å². The number of fused-ring (bicyclic) bond motifs is 1. The van der Waals surface area contributed by atoms with Crippen LogP contribution >= 0.6 is 0 Å². The maximum Gasteiger partial charge on any atom is 0.391 e. The summed E-state index contributed by atoms with van der Waals surface area (Å²) in [6.07, 6.45) is 1.22. The molecule has 1 aliphatic rings. The molecule has 0 saturated heterocycles. The van der Waals surface area contributed by atoms with Gasteiger partial charge < -0.3 is 9.97 Å². The van der Waals surface area contributed by atoms with E-state index in [2.05, 4.69) is 15.0 Å². The van der Waals surface area contributed by atoms with Crippen LogP contribution in [0, 0.1) is 11.8 Å². The molecular weight excluding hydrogens is 283 g/mol. The van der Waals surface area contributed by atoms with Crippen LogP contribution < -0.4 is 5.56 Å². The van der Waals surface area contributed by atoms with Gasteiger partial charge in [0.1, 0.15) is 5.52 Å². The molecule has 2 aromatic rings. The Kier molecular flexibility index (Phi) is 3.51. The van der Waals surface area contributed by atoms with Crippen LogP contribution in [-0.2, 0) is 6.42 Å². The topological polar surface area (TPSA) is 61.5 Å². The van der Waals surface area contributed by atoms with Gasteiger partial charge in [0.2, 0.25) is 0 Å². The van der Waals surface area contributed by atoms with E-state index >= 15 is 0 Å². The predicted octanol–water partition coefficient (Wildman–Crippen LogP) is 3.16. The van der Waals surface area contributed by atoms with E-state index in [0.717, 1.165) is 12.0 Å². The second-order valence-corrected chi connectivity index (χ2v) is 5.74. The maximum atomic E-state index is 12.8. The lowest BCUT2D eigenvalue weighted by atomic mass is 9.78. The fourth-order valence-electron chi connectivity index (χ4n) is 3.25. The summed E-state index contributed by atoms with van der Waals surface area (Å²) >= 11 is 0. The Hall–Kier alpha value is -1.79. The number of aromatic amines is 2. The summed E-state index contributed by atoms with van der Waals surface area (Å²) in [5.74, 6) is -1.21. The van der Waals surface area contributed by atoms with Crippen molar-refractivity contribution in [1.29, 1.82) is 0 Å². The van der Waals surface area contributed by atoms with E-state index in [0.29, 0.717) is 23.9 Å². The van der Waals surface area contributed by atoms with Crippen LogP contribution in [-0.4, -0.2) is 21.1 Å². The Labute approximate surface area is 118 Å². The van der Waals surface area contributed by atoms with Crippen LogP contribution in [0.3, 0.4) is 0 Å². The summed E-state index contributed by atoms with van der Waals surface area (Å²) in [7, 11) is 0. The largest absolute Gasteiger partial charge is 0.391 e. The number of hydrogen-bond acceptors (Lipinski definition) is 2. The number of H-pyrrole nitrogens is 2. The van der Waals surface area contributed by atoms with Gasteiger partial charge in [-0.15, -0.1) is 0 Å². The first-order valence-electron chi connectivity index (χ1n) is 7.05. The number of aromatic nitrogens is 3. The van der Waals surface area contributed by atoms with E-state index in [4.69, 9.17) is 0 Å². The summed E-state index contributed by atoms with van der Waals surface area (Å²) in [5.41, 5.74) is 1.51. The molecule has 1 aliphatic carbocycles. The molecule has 114 valence electrons. The number of rotatable bonds is 2. The summed E-state index contributed by atoms with van der Waals surface area (Å²) < 4.78 is 38.5. The van der Waals surface area contributed by atoms with Crippen molar-refractivity contribution in [2.24, 2.45) is 11.8 Å². The molecule has 0 amide bonds. The molecule has 0 bridgehead atoms. The molecule has 2 aromatic heterocycles. The number of alkyl halides is 3. The lowest BCUT2D eigenvalue weighted by molar-refractivity contribution is -0.185. The first-order valence-corrected chi connectivity index (χ1v) is 7.05. The van der Waals surface area contributed by atoms with Gasteiger partial charge in [0.25, 0.3) is 5.56 Å². The van der Waals surface area contributed by atoms with Gasteiger partial charge in [0.05, 0.1) is 17.8 Å². The molecule has 2 N–H and O–H groups in total. The van der Waals surface area contributed by atoms with Gasteiger partial charge in [0.15, 0.2) is 0 Å². The smallest absolute Gasteiger partial charge is 0.355 e. The van der Waals surface area contributed by atoms with Gasteiger partial charge in [-0.2, -0.15) is 13.2 Å². The summed E-state index contributed by atoms with van der Waals surface area (Å²) in [5, 5.41) is 0. The Morgan fingerprint density at radius 3 is 2.86 bits per heavy atom. The highest BCUT2D eigenvalue weighted by molar-refractivity contribution is 5.77. The zero-order valence-electron chi connectivity index (χ0n) is 11.3. The highest BCUT2D eigenvalue weighted by atomic mass is 19.4. The van der Waals surface area contributed by atoms with Crippen LogP contribution in [0.5, 0.6) is 0 Å². The molecule has 1 saturated carbocycles. The van der Waals surface area contributed by atoms with Crippen molar-refractivity contribution in [1.82, 2.24) is 15.0 Å². The van der Waals surface area contributed by atoms with Gasteiger partial charge in [-0.25, -0.2) is 4.98 Å². The van der Waals surface area contributed by atoms with E-state index < -0.39 is 12.1 Å². The van der Waals surface area contributed by atoms with Crippen LogP contribution in [0.2, 0.25) is 0 Å². The minimum atomic E-state index is -4.10. The predicted molar refractivity (Wildman–Crippen MR) is 71.9 cm³/mol. The lowest BCUT2D eigenvalue weighted by Gasteiger charge is -2.30. The molecular formula is C14H16F3N3O. The Balaban J connectivity index is 1.79. The Morgan fingerprint density at radius 2 is 2.10 bits per heavy atom. The van der Waals surface area contributed by atoms with Gasteiger partial charge in [0, 0.05) is 6.20 Å². The SMILES string of the molecule is O=c1[nH]cnc2c(CC3CCCC(C(F)(F)F)C3)c[nH]c12. The van der Waals surface area contributed by atoms with Crippen molar-refractivity contribution >= 4 is 11.0 Å². The third kappa shape index (κ3) is 2.82. The third-order valence-electron chi connectivity index (χ3n) is 4.30. The minimum Gasteiger partial charge on any atom is -0.355 e. The van der Waals surface area contributed by atoms with Gasteiger partial charge in [-0.1, -0.05) is 12.8 Å². The second kappa shape index (κ2) is 5.20. The number of halogens is 3. The van der Waals surface area contributed by atoms with Gasteiger partial charge in [-0.05, 0) is 30.7 Å². The number of hydrogen-bond donors (Lipinski definition) is 2. The summed E-state index contributed by atoms with van der Waals surface area (Å²) in [6, 6.07) is 0. The van der Waals surface area contributed by atoms with E-state index in [-0.39, 0.29) is 24.3 Å². The third-order valence-corrected chi connectivity index (χ3v) is 4.30. The number of nitrogens with one attached hydrogen (secondary N) is 2. The van der Waals surface area contributed by atoms with Crippen LogP contribution in [0.1, 0.15) is 31.2 Å². The van der Waals surface area contributed by atoms with Crippen molar-refractivity contribution in [2.75, 3.05) is 0 Å². The molecule has 0 radical (unpaired) electrons. The van der Waals surface area contributed by atoms with Gasteiger partial charge >= 0.3 is 6.18 Å². The van der Waals surface area contributed by atoms with Gasteiger partial charge in [-0.3, -0.25) is 4.79 Å². The van der Waals surface area contributed by atoms with Crippen molar-refractivity contribution in [3.63, 3.8) is 0 Å². The quantitative estimate of drug-likeness (QED) is 0.894. The van der Waals surface area contributed by atoms with Crippen molar-refractivity contribution in [3.05, 3.63) is 28.4 Å². The van der Waals surface area contributed by atoms with Crippen LogP contribution in [0.4, 0.5) is 13.2 Å². The Bertz CT molecular complexity index is 689. The standard InChI is InChI=1S/C14H16F3N3O/c15-14(16,17)10-3-1-2-8(5-10)4-9-6-18-12-11(9)19-7-20-13(12)21/h6-8,10,18H,1-5H2,(H,19,20,21). The average Bonchev–Trinajstić information content (AvgIpc) is 2.83. The van der Waals surface area contributed by atoms with E-state index in [1.165, 1.54) is 6.33 Å². The minimum absolute atomic E-state index is 0.00883. The first-order chi connectivity index (χ1) is 9.95. The second-order valence-electron chi connectivity index (χ2n) is 5.74. The molecule has 7 heteroatoms. The fraction of sp³-hybridized carbons (Fsp3) is 0.571. The van der Waals surface area contributed by atoms with Crippen molar-refractivity contribution in [3.8, 4) is 0 Å². The highest BCUT2D eigenvalue weighted by Crippen LogP contribution is 2.41. The molecule has 2 atom stereocenters. The van der Waals surface area contributed by atoms with E-state index in [9.17, 15) is 18.0 Å². The molecule has 0 spiro atoms. The zero-order valence-corrected chi connectivity index (χ0v) is 11.3. The summed E-state index contributed by atoms with van der Waals surface area (Å²) in [4.78, 5) is 21.0. The van der Waals surface area contributed by atoms with E-state index in [1.54, 1.807) is 6.20 Å². The first kappa shape index (κ1) is 14.2. The maximum absolute atomic E-state index is 12.8. The molecule has 2 heterocycles. The normalized spacial score (nSPS) is 23.6. The highest BCUT2D eigenvalue weighted by Gasteiger charge is 2.42. The zero-order chi connectivity index (χ0) is 15.0. The average molecular weight is 299 g/mol. The molecule has 2 unspecified atom stereocenters. The molecule has 1 fully saturated rings. The van der Waals surface area contributed by atoms with Crippen molar-refractivity contribution in [2.45, 2.75) is 38.3 Å². The molecule has 3 rings (SSSR count). The van der Waals surface area contributed by atoms with E-state index in [1.807, 2.05) is 0 Å². The fourth-order valence-corrected chi connectivity index (χ4v) is 3.25. The summed E-state index contributed by atoms with van der Waals surface area (Å²) in [6.45, 7) is 0. The van der Waals surface area contributed by atoms with Crippen molar-refractivity contribution < 1.29 is 13.2 Å². The Morgan fingerprint density at radius 1 is 1.29 bits per heavy atom. The number of nitrogens with zero attached hydrogens (tertiary/aromatic N) is 1. The molecule has 4 nitrogen and oxygen atoms in total. The lowest BCUT2D eigenvalue weighted by Crippen LogP contribution is -2.29. The van der Waals surface area contributed by atoms with Crippen LogP contribution in [0.25, 0.3) is 11.0 Å².